The summed E-state index contributed by atoms with van der Waals surface area (Å²) in [4.78, 5) is 0. The molecular weight excluding hydrogens is 228 g/mol. The van der Waals surface area contributed by atoms with E-state index in [1.54, 1.807) is 0 Å². The topological polar surface area (TPSA) is 9.23 Å². The zero-order valence-electron chi connectivity index (χ0n) is 8.98. The molecule has 1 saturated carbocycles. The largest absolute Gasteiger partial charge is 0.378 e. The summed E-state index contributed by atoms with van der Waals surface area (Å²) >= 11 is 3.59. The molecule has 1 rings (SSSR count). The van der Waals surface area contributed by atoms with Crippen LogP contribution in [0.2, 0.25) is 0 Å². The molecule has 1 aliphatic rings. The lowest BCUT2D eigenvalue weighted by molar-refractivity contribution is -0.0412. The molecule has 78 valence electrons. The van der Waals surface area contributed by atoms with Gasteiger partial charge in [0.1, 0.15) is 0 Å². The zero-order chi connectivity index (χ0) is 9.90. The van der Waals surface area contributed by atoms with Crippen molar-refractivity contribution in [2.24, 2.45) is 11.3 Å². The van der Waals surface area contributed by atoms with Crippen LogP contribution in [0.3, 0.4) is 0 Å². The fourth-order valence-corrected chi connectivity index (χ4v) is 2.22. The van der Waals surface area contributed by atoms with E-state index < -0.39 is 0 Å². The summed E-state index contributed by atoms with van der Waals surface area (Å²) < 4.78 is 5.87. The summed E-state index contributed by atoms with van der Waals surface area (Å²) in [6.45, 7) is 7.54. The van der Waals surface area contributed by atoms with Crippen molar-refractivity contribution < 1.29 is 4.74 Å². The predicted molar refractivity (Wildman–Crippen MR) is 60.3 cm³/mol. The monoisotopic (exact) mass is 248 g/mol. The third kappa shape index (κ3) is 2.95. The summed E-state index contributed by atoms with van der Waals surface area (Å²) in [6, 6.07) is 0. The lowest BCUT2D eigenvalue weighted by atomic mass is 9.71. The van der Waals surface area contributed by atoms with Crippen LogP contribution in [0.15, 0.2) is 0 Å². The van der Waals surface area contributed by atoms with Gasteiger partial charge in [-0.3, -0.25) is 0 Å². The van der Waals surface area contributed by atoms with Crippen LogP contribution >= 0.6 is 15.9 Å². The van der Waals surface area contributed by atoms with Crippen LogP contribution < -0.4 is 0 Å². The molecule has 1 aliphatic carbocycles. The SMILES string of the molecule is CC(C)C(C)OCC1(CBr)CCC1. The lowest BCUT2D eigenvalue weighted by Gasteiger charge is -2.41. The van der Waals surface area contributed by atoms with Gasteiger partial charge in [0, 0.05) is 10.7 Å². The molecule has 2 heteroatoms. The van der Waals surface area contributed by atoms with Gasteiger partial charge in [-0.1, -0.05) is 36.2 Å². The molecule has 1 unspecified atom stereocenters. The molecule has 0 aromatic heterocycles. The van der Waals surface area contributed by atoms with E-state index in [1.165, 1.54) is 19.3 Å². The fraction of sp³-hybridized carbons (Fsp3) is 1.00. The minimum atomic E-state index is 0.400. The van der Waals surface area contributed by atoms with Crippen molar-refractivity contribution >= 4 is 15.9 Å². The standard InChI is InChI=1S/C11H21BrO/c1-9(2)10(3)13-8-11(7-12)5-4-6-11/h9-10H,4-8H2,1-3H3. The Morgan fingerprint density at radius 1 is 1.31 bits per heavy atom. The predicted octanol–water partition coefficient (Wildman–Crippen LogP) is 3.61. The maximum atomic E-state index is 5.87. The molecule has 1 nitrogen and oxygen atoms in total. The van der Waals surface area contributed by atoms with Crippen LogP contribution in [0.4, 0.5) is 0 Å². The minimum Gasteiger partial charge on any atom is -0.378 e. The molecule has 0 aromatic rings. The van der Waals surface area contributed by atoms with Crippen LogP contribution in [0.1, 0.15) is 40.0 Å². The van der Waals surface area contributed by atoms with E-state index in [1.807, 2.05) is 0 Å². The van der Waals surface area contributed by atoms with E-state index in [-0.39, 0.29) is 0 Å². The minimum absolute atomic E-state index is 0.400. The van der Waals surface area contributed by atoms with Crippen molar-refractivity contribution in [2.75, 3.05) is 11.9 Å². The van der Waals surface area contributed by atoms with Crippen molar-refractivity contribution in [3.8, 4) is 0 Å². The van der Waals surface area contributed by atoms with Crippen molar-refractivity contribution in [1.29, 1.82) is 0 Å². The number of alkyl halides is 1. The Morgan fingerprint density at radius 2 is 1.92 bits per heavy atom. The van der Waals surface area contributed by atoms with E-state index in [4.69, 9.17) is 4.74 Å². The van der Waals surface area contributed by atoms with Gasteiger partial charge in [0.15, 0.2) is 0 Å². The Balaban J connectivity index is 2.24. The van der Waals surface area contributed by atoms with Gasteiger partial charge in [-0.25, -0.2) is 0 Å². The van der Waals surface area contributed by atoms with E-state index >= 15 is 0 Å². The smallest absolute Gasteiger partial charge is 0.0570 e. The quantitative estimate of drug-likeness (QED) is 0.676. The van der Waals surface area contributed by atoms with E-state index in [0.29, 0.717) is 17.4 Å². The third-order valence-corrected chi connectivity index (χ3v) is 4.48. The first-order valence-corrected chi connectivity index (χ1v) is 6.39. The van der Waals surface area contributed by atoms with E-state index in [9.17, 15) is 0 Å². The normalized spacial score (nSPS) is 22.8. The highest BCUT2D eigenvalue weighted by atomic mass is 79.9. The van der Waals surface area contributed by atoms with Gasteiger partial charge in [-0.2, -0.15) is 0 Å². The van der Waals surface area contributed by atoms with Crippen molar-refractivity contribution in [2.45, 2.75) is 46.1 Å². The molecule has 1 fully saturated rings. The average Bonchev–Trinajstić information content (AvgIpc) is 2.02. The molecular formula is C11H21BrO. The van der Waals surface area contributed by atoms with Gasteiger partial charge in [0.25, 0.3) is 0 Å². The van der Waals surface area contributed by atoms with Crippen LogP contribution in [0, 0.1) is 11.3 Å². The van der Waals surface area contributed by atoms with E-state index in [0.717, 1.165) is 11.9 Å². The number of ether oxygens (including phenoxy) is 1. The Kier molecular flexibility index (Phi) is 4.24. The van der Waals surface area contributed by atoms with Crippen LogP contribution in [-0.2, 0) is 4.74 Å². The molecule has 0 bridgehead atoms. The number of rotatable bonds is 5. The van der Waals surface area contributed by atoms with Crippen molar-refractivity contribution in [3.63, 3.8) is 0 Å². The number of hydrogen-bond acceptors (Lipinski definition) is 1. The van der Waals surface area contributed by atoms with Gasteiger partial charge in [-0.05, 0) is 25.7 Å². The summed E-state index contributed by atoms with van der Waals surface area (Å²) in [5.41, 5.74) is 0.475. The first-order valence-electron chi connectivity index (χ1n) is 5.27. The highest BCUT2D eigenvalue weighted by molar-refractivity contribution is 9.09. The summed E-state index contributed by atoms with van der Waals surface area (Å²) in [5, 5.41) is 1.10. The summed E-state index contributed by atoms with van der Waals surface area (Å²) in [7, 11) is 0. The molecule has 1 atom stereocenters. The number of halogens is 1. The molecule has 0 N–H and O–H groups in total. The van der Waals surface area contributed by atoms with Gasteiger partial charge < -0.3 is 4.74 Å². The average molecular weight is 249 g/mol. The molecule has 0 aliphatic heterocycles. The highest BCUT2D eigenvalue weighted by Crippen LogP contribution is 2.42. The molecule has 0 spiro atoms. The molecule has 0 aromatic carbocycles. The Labute approximate surface area is 90.4 Å². The first-order chi connectivity index (χ1) is 6.09. The molecule has 0 heterocycles. The summed E-state index contributed by atoms with van der Waals surface area (Å²) in [6.07, 6.45) is 4.45. The second kappa shape index (κ2) is 4.79. The van der Waals surface area contributed by atoms with Gasteiger partial charge in [0.2, 0.25) is 0 Å². The van der Waals surface area contributed by atoms with Crippen LogP contribution in [0.5, 0.6) is 0 Å². The first kappa shape index (κ1) is 11.5. The molecule has 0 saturated heterocycles. The van der Waals surface area contributed by atoms with Crippen molar-refractivity contribution in [3.05, 3.63) is 0 Å². The maximum absolute atomic E-state index is 5.87. The third-order valence-electron chi connectivity index (χ3n) is 3.29. The Bertz CT molecular complexity index is 147. The second-order valence-electron chi connectivity index (χ2n) is 4.75. The fourth-order valence-electron chi connectivity index (χ4n) is 1.49. The summed E-state index contributed by atoms with van der Waals surface area (Å²) in [5.74, 6) is 0.632. The van der Waals surface area contributed by atoms with Gasteiger partial charge in [-0.15, -0.1) is 0 Å². The highest BCUT2D eigenvalue weighted by Gasteiger charge is 2.36. The Hall–Kier alpha value is 0.440. The van der Waals surface area contributed by atoms with Crippen molar-refractivity contribution in [1.82, 2.24) is 0 Å². The van der Waals surface area contributed by atoms with E-state index in [2.05, 4.69) is 36.7 Å². The van der Waals surface area contributed by atoms with Crippen LogP contribution in [-0.4, -0.2) is 18.0 Å². The van der Waals surface area contributed by atoms with Gasteiger partial charge >= 0.3 is 0 Å². The lowest BCUT2D eigenvalue weighted by Crippen LogP contribution is -2.37. The molecule has 0 amide bonds. The maximum Gasteiger partial charge on any atom is 0.0570 e. The zero-order valence-corrected chi connectivity index (χ0v) is 10.6. The second-order valence-corrected chi connectivity index (χ2v) is 5.31. The Morgan fingerprint density at radius 3 is 2.23 bits per heavy atom. The van der Waals surface area contributed by atoms with Crippen LogP contribution in [0.25, 0.3) is 0 Å². The number of hydrogen-bond donors (Lipinski definition) is 0. The molecule has 13 heavy (non-hydrogen) atoms. The van der Waals surface area contributed by atoms with Gasteiger partial charge in [0.05, 0.1) is 12.7 Å². The molecule has 0 radical (unpaired) electrons.